The van der Waals surface area contributed by atoms with E-state index < -0.39 is 70.5 Å². The number of hydrogen-bond acceptors (Lipinski definition) is 7. The van der Waals surface area contributed by atoms with Crippen molar-refractivity contribution in [1.29, 1.82) is 0 Å². The van der Waals surface area contributed by atoms with Crippen LogP contribution in [0.5, 0.6) is 0 Å². The van der Waals surface area contributed by atoms with Gasteiger partial charge in [0.25, 0.3) is 5.91 Å². The summed E-state index contributed by atoms with van der Waals surface area (Å²) < 4.78 is 5.14. The number of rotatable bonds is 14. The molecule has 0 aromatic rings. The Morgan fingerprint density at radius 1 is 0.979 bits per heavy atom. The molecule has 5 amide bonds. The number of fused-ring (bicyclic) bond motifs is 1. The number of amides is 5. The Bertz CT molecular complexity index is 1280. The number of ether oxygens (including phenoxy) is 1. The highest BCUT2D eigenvalue weighted by molar-refractivity contribution is 6.38. The molecule has 4 rings (SSSR count). The second kappa shape index (κ2) is 14.6. The number of hydrogen-bond donors (Lipinski definition) is 4. The molecular formula is C36H57N5O7. The molecule has 1 aliphatic heterocycles. The van der Waals surface area contributed by atoms with E-state index in [1.807, 2.05) is 27.7 Å². The van der Waals surface area contributed by atoms with Crippen LogP contribution in [0.1, 0.15) is 99.8 Å². The van der Waals surface area contributed by atoms with Crippen LogP contribution >= 0.6 is 0 Å². The van der Waals surface area contributed by atoms with Crippen molar-refractivity contribution in [3.63, 3.8) is 0 Å². The minimum atomic E-state index is -1.01. The predicted molar refractivity (Wildman–Crippen MR) is 180 cm³/mol. The second-order valence-electron chi connectivity index (χ2n) is 16.3. The molecule has 4 N–H and O–H groups in total. The molecule has 12 nitrogen and oxygen atoms in total. The summed E-state index contributed by atoms with van der Waals surface area (Å²) in [7, 11) is 0. The van der Waals surface area contributed by atoms with E-state index in [-0.39, 0.29) is 36.3 Å². The van der Waals surface area contributed by atoms with E-state index in [0.717, 1.165) is 44.9 Å². The Balaban J connectivity index is 1.58. The average molecular weight is 672 g/mol. The quantitative estimate of drug-likeness (QED) is 0.163. The molecule has 1 saturated heterocycles. The van der Waals surface area contributed by atoms with Gasteiger partial charge in [0.05, 0.1) is 12.6 Å². The van der Waals surface area contributed by atoms with Crippen molar-refractivity contribution < 1.29 is 33.5 Å². The number of carbonyl (C=O) groups is 6. The largest absolute Gasteiger partial charge is 0.450 e. The number of ketones is 1. The maximum absolute atomic E-state index is 14.5. The molecule has 1 heterocycles. The standard InChI is InChI=1S/C36H57N5O7/c1-9-18-37-30(44)26(42)23(19-21-14-15-21)38-29(43)25-24-22(35(24,6)7)20-41(25)32(46)28(34(3,4)5)39-31(45)27(40-33(47)48-10-2)36(8)16-12-11-13-17-36/h9,21-25,27-28H,1,10-20H2,2-8H3,(H,37,44)(H,38,43)(H,39,45)(H,40,47)/t22?,23?,24?,25-,27+,28+/m0/s1. The van der Waals surface area contributed by atoms with Crippen molar-refractivity contribution in [2.24, 2.45) is 34.0 Å². The maximum atomic E-state index is 14.5. The first-order chi connectivity index (χ1) is 22.5. The van der Waals surface area contributed by atoms with Crippen LogP contribution in [-0.2, 0) is 28.7 Å². The van der Waals surface area contributed by atoms with E-state index in [9.17, 15) is 28.8 Å². The lowest BCUT2D eigenvalue weighted by Gasteiger charge is -2.42. The SMILES string of the molecule is C=CCNC(=O)C(=O)C(CC1CC1)NC(=O)[C@@H]1C2C(CN1C(=O)[C@@H](NC(=O)[C@@H](NC(=O)OCC)C1(C)CCCCC1)C(C)(C)C)C2(C)C. The lowest BCUT2D eigenvalue weighted by molar-refractivity contribution is -0.147. The molecule has 3 aliphatic carbocycles. The van der Waals surface area contributed by atoms with Gasteiger partial charge in [0.15, 0.2) is 0 Å². The smallest absolute Gasteiger partial charge is 0.407 e. The van der Waals surface area contributed by atoms with Gasteiger partial charge in [0.1, 0.15) is 18.1 Å². The molecule has 48 heavy (non-hydrogen) atoms. The molecule has 0 aromatic carbocycles. The summed E-state index contributed by atoms with van der Waals surface area (Å²) in [6.45, 7) is 17.6. The van der Waals surface area contributed by atoms with Gasteiger partial charge in [0, 0.05) is 13.1 Å². The van der Waals surface area contributed by atoms with Crippen LogP contribution in [0.4, 0.5) is 4.79 Å². The zero-order valence-corrected chi connectivity index (χ0v) is 29.9. The van der Waals surface area contributed by atoms with Crippen LogP contribution in [0.2, 0.25) is 0 Å². The molecule has 4 aliphatic rings. The van der Waals surface area contributed by atoms with Gasteiger partial charge in [-0.05, 0) is 60.2 Å². The highest BCUT2D eigenvalue weighted by Gasteiger charge is 2.70. The van der Waals surface area contributed by atoms with Crippen molar-refractivity contribution in [2.45, 2.75) is 124 Å². The lowest BCUT2D eigenvalue weighted by Crippen LogP contribution is -2.64. The third kappa shape index (κ3) is 8.22. The summed E-state index contributed by atoms with van der Waals surface area (Å²) in [5.41, 5.74) is -1.46. The zero-order valence-electron chi connectivity index (χ0n) is 29.9. The van der Waals surface area contributed by atoms with Crippen molar-refractivity contribution in [1.82, 2.24) is 26.2 Å². The van der Waals surface area contributed by atoms with Crippen molar-refractivity contribution in [2.75, 3.05) is 19.7 Å². The summed E-state index contributed by atoms with van der Waals surface area (Å²) in [4.78, 5) is 82.7. The minimum Gasteiger partial charge on any atom is -0.450 e. The predicted octanol–water partition coefficient (Wildman–Crippen LogP) is 3.24. The highest BCUT2D eigenvalue weighted by atomic mass is 16.5. The number of likely N-dealkylation sites (tertiary alicyclic amines) is 1. The van der Waals surface area contributed by atoms with Gasteiger partial charge in [0.2, 0.25) is 23.5 Å². The van der Waals surface area contributed by atoms with Gasteiger partial charge >= 0.3 is 6.09 Å². The number of Topliss-reactive ketones (excluding diaryl/α,β-unsaturated/α-hetero) is 1. The normalized spacial score (nSPS) is 25.7. The number of nitrogens with one attached hydrogen (secondary N) is 4. The summed E-state index contributed by atoms with van der Waals surface area (Å²) in [6, 6.07) is -3.79. The van der Waals surface area contributed by atoms with Crippen LogP contribution < -0.4 is 21.3 Å². The zero-order chi connectivity index (χ0) is 35.6. The Kier molecular flexibility index (Phi) is 11.4. The summed E-state index contributed by atoms with van der Waals surface area (Å²) in [5, 5.41) is 11.2. The van der Waals surface area contributed by atoms with E-state index in [1.165, 1.54) is 6.08 Å². The molecule has 3 unspecified atom stereocenters. The number of piperidine rings is 1. The third-order valence-corrected chi connectivity index (χ3v) is 11.2. The van der Waals surface area contributed by atoms with Gasteiger partial charge in [-0.15, -0.1) is 6.58 Å². The number of carbonyl (C=O) groups excluding carboxylic acids is 6. The van der Waals surface area contributed by atoms with Crippen molar-refractivity contribution >= 4 is 35.5 Å². The molecule has 3 saturated carbocycles. The van der Waals surface area contributed by atoms with Crippen LogP contribution in [0.15, 0.2) is 12.7 Å². The Labute approximate surface area is 285 Å². The average Bonchev–Trinajstić information content (AvgIpc) is 3.87. The van der Waals surface area contributed by atoms with E-state index in [1.54, 1.807) is 11.8 Å². The number of nitrogens with zero attached hydrogens (tertiary/aromatic N) is 1. The highest BCUT2D eigenvalue weighted by Crippen LogP contribution is 2.65. The van der Waals surface area contributed by atoms with Gasteiger partial charge in [-0.1, -0.05) is 79.7 Å². The molecule has 12 heteroatoms. The molecule has 0 aromatic heterocycles. The fourth-order valence-electron chi connectivity index (χ4n) is 7.93. The molecular weight excluding hydrogens is 614 g/mol. The van der Waals surface area contributed by atoms with Crippen molar-refractivity contribution in [3.05, 3.63) is 12.7 Å². The molecule has 4 fully saturated rings. The van der Waals surface area contributed by atoms with Crippen LogP contribution in [0.3, 0.4) is 0 Å². The van der Waals surface area contributed by atoms with Crippen LogP contribution in [0.25, 0.3) is 0 Å². The Hall–Kier alpha value is -3.44. The topological polar surface area (TPSA) is 163 Å². The van der Waals surface area contributed by atoms with E-state index >= 15 is 0 Å². The molecule has 268 valence electrons. The van der Waals surface area contributed by atoms with Gasteiger partial charge < -0.3 is 30.9 Å². The van der Waals surface area contributed by atoms with Crippen LogP contribution in [-0.4, -0.2) is 84.3 Å². The molecule has 0 spiro atoms. The monoisotopic (exact) mass is 671 g/mol. The number of alkyl carbamates (subject to hydrolysis) is 1. The van der Waals surface area contributed by atoms with Crippen molar-refractivity contribution in [3.8, 4) is 0 Å². The summed E-state index contributed by atoms with van der Waals surface area (Å²) >= 11 is 0. The van der Waals surface area contributed by atoms with E-state index in [2.05, 4.69) is 41.7 Å². The fourth-order valence-corrected chi connectivity index (χ4v) is 7.93. The van der Waals surface area contributed by atoms with E-state index in [4.69, 9.17) is 4.74 Å². The summed E-state index contributed by atoms with van der Waals surface area (Å²) in [6.07, 6.45) is 7.40. The van der Waals surface area contributed by atoms with Crippen LogP contribution in [0, 0.1) is 34.0 Å². The first-order valence-corrected chi connectivity index (χ1v) is 17.7. The molecule has 6 atom stereocenters. The minimum absolute atomic E-state index is 0.0707. The summed E-state index contributed by atoms with van der Waals surface area (Å²) in [5.74, 6) is -2.63. The fraction of sp³-hybridized carbons (Fsp3) is 0.778. The Morgan fingerprint density at radius 2 is 1.62 bits per heavy atom. The maximum Gasteiger partial charge on any atom is 0.407 e. The Morgan fingerprint density at radius 3 is 2.19 bits per heavy atom. The van der Waals surface area contributed by atoms with Gasteiger partial charge in [-0.3, -0.25) is 24.0 Å². The van der Waals surface area contributed by atoms with Gasteiger partial charge in [-0.2, -0.15) is 0 Å². The first kappa shape index (κ1) is 37.4. The molecule has 0 bridgehead atoms. The first-order valence-electron chi connectivity index (χ1n) is 17.7. The lowest BCUT2D eigenvalue weighted by atomic mass is 9.70. The van der Waals surface area contributed by atoms with Gasteiger partial charge in [-0.25, -0.2) is 4.79 Å². The molecule has 0 radical (unpaired) electrons. The third-order valence-electron chi connectivity index (χ3n) is 11.2. The van der Waals surface area contributed by atoms with E-state index in [0.29, 0.717) is 13.0 Å². The second-order valence-corrected chi connectivity index (χ2v) is 16.3.